The highest BCUT2D eigenvalue weighted by molar-refractivity contribution is 5.79. The van der Waals surface area contributed by atoms with Gasteiger partial charge in [0.1, 0.15) is 5.75 Å². The number of nitrogens with zero attached hydrogens (tertiary/aromatic N) is 3. The molecule has 0 fully saturated rings. The van der Waals surface area contributed by atoms with Gasteiger partial charge in [0.2, 0.25) is 5.75 Å². The van der Waals surface area contributed by atoms with E-state index < -0.39 is 0 Å². The summed E-state index contributed by atoms with van der Waals surface area (Å²) in [5.74, 6) is 2.51. The van der Waals surface area contributed by atoms with Gasteiger partial charge in [0.15, 0.2) is 11.5 Å². The van der Waals surface area contributed by atoms with E-state index in [1.165, 1.54) is 0 Å². The predicted octanol–water partition coefficient (Wildman–Crippen LogP) is 4.69. The van der Waals surface area contributed by atoms with Gasteiger partial charge in [0, 0.05) is 10.5 Å². The molecule has 0 unspecified atom stereocenters. The summed E-state index contributed by atoms with van der Waals surface area (Å²) in [5.41, 5.74) is 12.9. The molecule has 0 amide bonds. The number of benzene rings is 2. The van der Waals surface area contributed by atoms with E-state index in [0.29, 0.717) is 30.1 Å². The van der Waals surface area contributed by atoms with Crippen LogP contribution in [0.4, 0.5) is 0 Å². The van der Waals surface area contributed by atoms with E-state index in [4.69, 9.17) is 24.5 Å². The van der Waals surface area contributed by atoms with Crippen LogP contribution in [-0.2, 0) is 6.42 Å². The molecule has 0 spiro atoms. The molecule has 0 bridgehead atoms. The summed E-state index contributed by atoms with van der Waals surface area (Å²) in [6, 6.07) is 7.44. The van der Waals surface area contributed by atoms with Gasteiger partial charge in [0.25, 0.3) is 0 Å². The fraction of sp³-hybridized carbons (Fsp3) is 0.368. The zero-order valence-corrected chi connectivity index (χ0v) is 15.3. The molecule has 0 radical (unpaired) electrons. The van der Waals surface area contributed by atoms with Gasteiger partial charge in [-0.15, -0.1) is 0 Å². The van der Waals surface area contributed by atoms with E-state index in [1.54, 1.807) is 28.4 Å². The molecule has 1 aliphatic carbocycles. The Labute approximate surface area is 152 Å². The van der Waals surface area contributed by atoms with Crippen molar-refractivity contribution < 1.29 is 18.9 Å². The summed E-state index contributed by atoms with van der Waals surface area (Å²) in [6.07, 6.45) is 1.34. The second-order valence-electron chi connectivity index (χ2n) is 5.88. The van der Waals surface area contributed by atoms with Crippen LogP contribution in [0.15, 0.2) is 29.4 Å². The van der Waals surface area contributed by atoms with Gasteiger partial charge in [-0.05, 0) is 53.3 Å². The molecule has 0 aliphatic heterocycles. The van der Waals surface area contributed by atoms with Crippen molar-refractivity contribution in [3.8, 4) is 34.1 Å². The van der Waals surface area contributed by atoms with Crippen LogP contribution in [0.3, 0.4) is 0 Å². The topological polar surface area (TPSA) is 85.7 Å². The number of ether oxygens (including phenoxy) is 4. The molecule has 0 aromatic heterocycles. The van der Waals surface area contributed by atoms with Crippen LogP contribution < -0.4 is 18.9 Å². The van der Waals surface area contributed by atoms with Gasteiger partial charge in [0.05, 0.1) is 34.5 Å². The Morgan fingerprint density at radius 3 is 2.35 bits per heavy atom. The minimum absolute atomic E-state index is 0.292. The first-order valence-electron chi connectivity index (χ1n) is 8.22. The second-order valence-corrected chi connectivity index (χ2v) is 5.88. The van der Waals surface area contributed by atoms with E-state index in [-0.39, 0.29) is 6.04 Å². The maximum absolute atomic E-state index is 9.01. The quantitative estimate of drug-likeness (QED) is 0.442. The second kappa shape index (κ2) is 7.45. The minimum atomic E-state index is -0.292. The smallest absolute Gasteiger partial charge is 0.203 e. The highest BCUT2D eigenvalue weighted by Crippen LogP contribution is 2.50. The molecular weight excluding hydrogens is 334 g/mol. The first kappa shape index (κ1) is 17.8. The number of hydrogen-bond acceptors (Lipinski definition) is 5. The first-order valence-corrected chi connectivity index (χ1v) is 8.22. The molecular formula is C19H21N3O4. The Kier molecular flexibility index (Phi) is 5.09. The predicted molar refractivity (Wildman–Crippen MR) is 98.3 cm³/mol. The fourth-order valence-corrected chi connectivity index (χ4v) is 3.51. The van der Waals surface area contributed by atoms with Crippen LogP contribution in [-0.4, -0.2) is 28.4 Å². The Morgan fingerprint density at radius 1 is 0.962 bits per heavy atom. The zero-order chi connectivity index (χ0) is 18.7. The third-order valence-corrected chi connectivity index (χ3v) is 4.70. The molecule has 2 aromatic rings. The maximum atomic E-state index is 9.01. The normalized spacial score (nSPS) is 15.0. The summed E-state index contributed by atoms with van der Waals surface area (Å²) in [6.45, 7) is 0. The summed E-state index contributed by atoms with van der Waals surface area (Å²) in [5, 5.41) is 4.01. The molecule has 26 heavy (non-hydrogen) atoms. The van der Waals surface area contributed by atoms with Crippen LogP contribution in [0.2, 0.25) is 0 Å². The van der Waals surface area contributed by atoms with E-state index >= 15 is 0 Å². The van der Waals surface area contributed by atoms with E-state index in [2.05, 4.69) is 10.0 Å². The molecule has 0 heterocycles. The van der Waals surface area contributed by atoms with E-state index in [0.717, 1.165) is 28.0 Å². The highest BCUT2D eigenvalue weighted by atomic mass is 16.5. The average Bonchev–Trinajstić information content (AvgIpc) is 2.83. The van der Waals surface area contributed by atoms with Crippen molar-refractivity contribution in [1.82, 2.24) is 0 Å². The fourth-order valence-electron chi connectivity index (χ4n) is 3.51. The van der Waals surface area contributed by atoms with Gasteiger partial charge in [-0.1, -0.05) is 11.2 Å². The molecule has 0 saturated heterocycles. The number of rotatable bonds is 5. The summed E-state index contributed by atoms with van der Waals surface area (Å²) < 4.78 is 22.0. The van der Waals surface area contributed by atoms with Crippen LogP contribution in [0.5, 0.6) is 23.0 Å². The van der Waals surface area contributed by atoms with Crippen molar-refractivity contribution >= 4 is 0 Å². The summed E-state index contributed by atoms with van der Waals surface area (Å²) >= 11 is 0. The third kappa shape index (κ3) is 2.86. The minimum Gasteiger partial charge on any atom is -0.497 e. The first-order chi connectivity index (χ1) is 12.7. The van der Waals surface area contributed by atoms with Crippen molar-refractivity contribution in [1.29, 1.82) is 0 Å². The Balaban J connectivity index is 2.33. The number of azide groups is 1. The Hall–Kier alpha value is -3.05. The lowest BCUT2D eigenvalue weighted by molar-refractivity contribution is 0.322. The van der Waals surface area contributed by atoms with Crippen LogP contribution in [0, 0.1) is 0 Å². The lowest BCUT2D eigenvalue weighted by Gasteiger charge is -2.19. The molecule has 1 aliphatic rings. The van der Waals surface area contributed by atoms with Gasteiger partial charge >= 0.3 is 0 Å². The lowest BCUT2D eigenvalue weighted by atomic mass is 9.94. The molecule has 1 atom stereocenters. The number of fused-ring (bicyclic) bond motifs is 3. The monoisotopic (exact) mass is 355 g/mol. The third-order valence-electron chi connectivity index (χ3n) is 4.70. The number of methoxy groups -OCH3 is 4. The largest absolute Gasteiger partial charge is 0.497 e. The Bertz CT molecular complexity index is 876. The summed E-state index contributed by atoms with van der Waals surface area (Å²) in [7, 11) is 6.41. The zero-order valence-electron chi connectivity index (χ0n) is 15.3. The highest BCUT2D eigenvalue weighted by Gasteiger charge is 2.28. The molecule has 136 valence electrons. The molecule has 7 nitrogen and oxygen atoms in total. The van der Waals surface area contributed by atoms with Gasteiger partial charge < -0.3 is 18.9 Å². The summed E-state index contributed by atoms with van der Waals surface area (Å²) in [4.78, 5) is 3.03. The van der Waals surface area contributed by atoms with Crippen molar-refractivity contribution in [2.75, 3.05) is 28.4 Å². The van der Waals surface area contributed by atoms with Crippen molar-refractivity contribution in [3.63, 3.8) is 0 Å². The van der Waals surface area contributed by atoms with Crippen molar-refractivity contribution in [2.24, 2.45) is 5.11 Å². The van der Waals surface area contributed by atoms with Crippen LogP contribution >= 0.6 is 0 Å². The average molecular weight is 355 g/mol. The van der Waals surface area contributed by atoms with Crippen molar-refractivity contribution in [2.45, 2.75) is 18.9 Å². The standard InChI is InChI=1S/C19H21N3O4/c1-23-11-5-6-12-14-10-17(24-2)19(26-4)18(25-3)13(14)7-8-16(21-22-20)15(12)9-11/h5-6,9-10,16H,7-8H2,1-4H3/t16-/m0/s1. The van der Waals surface area contributed by atoms with Crippen molar-refractivity contribution in [3.05, 3.63) is 45.8 Å². The van der Waals surface area contributed by atoms with Crippen LogP contribution in [0.25, 0.3) is 21.6 Å². The van der Waals surface area contributed by atoms with E-state index in [9.17, 15) is 0 Å². The SMILES string of the molecule is COc1ccc2c(c1)[C@@H](N=[N+]=[N-])CCc1c-2cc(OC)c(OC)c1OC. The molecule has 7 heteroatoms. The van der Waals surface area contributed by atoms with Gasteiger partial charge in [-0.25, -0.2) is 0 Å². The van der Waals surface area contributed by atoms with Crippen LogP contribution in [0.1, 0.15) is 23.6 Å². The lowest BCUT2D eigenvalue weighted by Crippen LogP contribution is -2.01. The van der Waals surface area contributed by atoms with Gasteiger partial charge in [-0.3, -0.25) is 0 Å². The van der Waals surface area contributed by atoms with Gasteiger partial charge in [-0.2, -0.15) is 0 Å². The number of hydrogen-bond donors (Lipinski definition) is 0. The maximum Gasteiger partial charge on any atom is 0.203 e. The molecule has 0 N–H and O–H groups in total. The van der Waals surface area contributed by atoms with E-state index in [1.807, 2.05) is 24.3 Å². The molecule has 0 saturated carbocycles. The molecule has 3 rings (SSSR count). The Morgan fingerprint density at radius 2 is 1.73 bits per heavy atom. The molecule has 2 aromatic carbocycles.